The molecule has 3 heteroatoms. The zero-order valence-electron chi connectivity index (χ0n) is 11.3. The smallest absolute Gasteiger partial charge is 0.122 e. The molecule has 1 aliphatic heterocycles. The van der Waals surface area contributed by atoms with Crippen molar-refractivity contribution in [2.45, 2.75) is 32.1 Å². The Morgan fingerprint density at radius 2 is 2.22 bits per heavy atom. The lowest BCUT2D eigenvalue weighted by Crippen LogP contribution is -2.34. The van der Waals surface area contributed by atoms with Crippen LogP contribution in [-0.2, 0) is 11.8 Å². The number of hydrogen-bond acceptors (Lipinski definition) is 2. The van der Waals surface area contributed by atoms with Gasteiger partial charge >= 0.3 is 0 Å². The van der Waals surface area contributed by atoms with Gasteiger partial charge in [0.25, 0.3) is 0 Å². The van der Waals surface area contributed by atoms with Crippen molar-refractivity contribution in [1.29, 1.82) is 0 Å². The SMILES string of the molecule is CC(C)(CNCCCl)c1ccc2c(c1)CCCO2. The zero-order chi connectivity index (χ0) is 13.0. The Hall–Kier alpha value is -0.730. The van der Waals surface area contributed by atoms with Gasteiger partial charge in [0.05, 0.1) is 6.61 Å². The minimum Gasteiger partial charge on any atom is -0.493 e. The van der Waals surface area contributed by atoms with Gasteiger partial charge in [-0.25, -0.2) is 0 Å². The second kappa shape index (κ2) is 5.94. The van der Waals surface area contributed by atoms with Crippen LogP contribution < -0.4 is 10.1 Å². The first-order chi connectivity index (χ1) is 8.63. The van der Waals surface area contributed by atoms with Crippen molar-refractivity contribution in [3.05, 3.63) is 29.3 Å². The van der Waals surface area contributed by atoms with Crippen molar-refractivity contribution >= 4 is 11.6 Å². The van der Waals surface area contributed by atoms with Crippen molar-refractivity contribution in [1.82, 2.24) is 5.32 Å². The highest BCUT2D eigenvalue weighted by Gasteiger charge is 2.22. The highest BCUT2D eigenvalue weighted by Crippen LogP contribution is 2.30. The molecule has 0 spiro atoms. The number of alkyl halides is 1. The maximum Gasteiger partial charge on any atom is 0.122 e. The molecule has 0 atom stereocenters. The van der Waals surface area contributed by atoms with Crippen molar-refractivity contribution in [3.63, 3.8) is 0 Å². The summed E-state index contributed by atoms with van der Waals surface area (Å²) in [6, 6.07) is 6.61. The predicted molar refractivity (Wildman–Crippen MR) is 76.9 cm³/mol. The molecule has 1 aliphatic rings. The summed E-state index contributed by atoms with van der Waals surface area (Å²) in [7, 11) is 0. The van der Waals surface area contributed by atoms with Gasteiger partial charge < -0.3 is 10.1 Å². The van der Waals surface area contributed by atoms with Gasteiger partial charge in [0.15, 0.2) is 0 Å². The van der Waals surface area contributed by atoms with Gasteiger partial charge in [0, 0.05) is 24.4 Å². The van der Waals surface area contributed by atoms with E-state index in [9.17, 15) is 0 Å². The molecule has 0 amide bonds. The summed E-state index contributed by atoms with van der Waals surface area (Å²) in [6.07, 6.45) is 2.26. The Balaban J connectivity index is 2.11. The molecular formula is C15H22ClNO. The minimum absolute atomic E-state index is 0.124. The van der Waals surface area contributed by atoms with Gasteiger partial charge in [-0.05, 0) is 30.0 Å². The average molecular weight is 268 g/mol. The molecule has 0 unspecified atom stereocenters. The molecule has 1 aromatic rings. The average Bonchev–Trinajstić information content (AvgIpc) is 2.38. The van der Waals surface area contributed by atoms with E-state index < -0.39 is 0 Å². The second-order valence-electron chi connectivity index (χ2n) is 5.52. The maximum atomic E-state index is 5.69. The van der Waals surface area contributed by atoms with E-state index in [2.05, 4.69) is 37.4 Å². The van der Waals surface area contributed by atoms with E-state index in [-0.39, 0.29) is 5.41 Å². The summed E-state index contributed by atoms with van der Waals surface area (Å²) in [4.78, 5) is 0. The number of nitrogens with one attached hydrogen (secondary N) is 1. The number of ether oxygens (including phenoxy) is 1. The monoisotopic (exact) mass is 267 g/mol. The molecule has 0 fully saturated rings. The van der Waals surface area contributed by atoms with Gasteiger partial charge in [0.2, 0.25) is 0 Å². The molecule has 2 nitrogen and oxygen atoms in total. The molecule has 0 saturated carbocycles. The molecule has 0 aromatic heterocycles. The molecule has 0 saturated heterocycles. The number of aryl methyl sites for hydroxylation is 1. The predicted octanol–water partition coefficient (Wildman–Crippen LogP) is 3.12. The molecule has 0 aliphatic carbocycles. The van der Waals surface area contributed by atoms with Gasteiger partial charge in [-0.2, -0.15) is 0 Å². The molecule has 1 aromatic carbocycles. The lowest BCUT2D eigenvalue weighted by Gasteiger charge is -2.28. The van der Waals surface area contributed by atoms with Crippen LogP contribution in [-0.4, -0.2) is 25.6 Å². The summed E-state index contributed by atoms with van der Waals surface area (Å²) < 4.78 is 5.66. The van der Waals surface area contributed by atoms with Crippen LogP contribution >= 0.6 is 11.6 Å². The fraction of sp³-hybridized carbons (Fsp3) is 0.600. The highest BCUT2D eigenvalue weighted by molar-refractivity contribution is 6.18. The Labute approximate surface area is 115 Å². The van der Waals surface area contributed by atoms with Crippen molar-refractivity contribution in [3.8, 4) is 5.75 Å². The molecule has 0 bridgehead atoms. The van der Waals surface area contributed by atoms with Crippen LogP contribution in [0.5, 0.6) is 5.75 Å². The Morgan fingerprint density at radius 3 is 3.00 bits per heavy atom. The fourth-order valence-corrected chi connectivity index (χ4v) is 2.48. The number of halogens is 1. The number of hydrogen-bond donors (Lipinski definition) is 1. The van der Waals surface area contributed by atoms with Gasteiger partial charge in [-0.1, -0.05) is 26.0 Å². The van der Waals surface area contributed by atoms with Crippen LogP contribution in [0.3, 0.4) is 0 Å². The molecule has 1 N–H and O–H groups in total. The summed E-state index contributed by atoms with van der Waals surface area (Å²) in [6.45, 7) is 7.19. The summed E-state index contributed by atoms with van der Waals surface area (Å²) in [5.74, 6) is 1.73. The van der Waals surface area contributed by atoms with Crippen LogP contribution in [0.1, 0.15) is 31.4 Å². The third-order valence-corrected chi connectivity index (χ3v) is 3.72. The molecule has 18 heavy (non-hydrogen) atoms. The van der Waals surface area contributed by atoms with E-state index in [1.807, 2.05) is 0 Å². The Kier molecular flexibility index (Phi) is 4.52. The van der Waals surface area contributed by atoms with Crippen molar-refractivity contribution in [2.24, 2.45) is 0 Å². The second-order valence-corrected chi connectivity index (χ2v) is 5.90. The summed E-state index contributed by atoms with van der Waals surface area (Å²) in [5.41, 5.74) is 2.84. The van der Waals surface area contributed by atoms with Crippen LogP contribution in [0.25, 0.3) is 0 Å². The van der Waals surface area contributed by atoms with Crippen molar-refractivity contribution < 1.29 is 4.74 Å². The lowest BCUT2D eigenvalue weighted by atomic mass is 9.83. The maximum absolute atomic E-state index is 5.69. The third-order valence-electron chi connectivity index (χ3n) is 3.53. The van der Waals surface area contributed by atoms with E-state index in [4.69, 9.17) is 16.3 Å². The third kappa shape index (κ3) is 3.18. The van der Waals surface area contributed by atoms with Crippen LogP contribution in [0.4, 0.5) is 0 Å². The number of benzene rings is 1. The lowest BCUT2D eigenvalue weighted by molar-refractivity contribution is 0.288. The molecule has 0 radical (unpaired) electrons. The fourth-order valence-electron chi connectivity index (χ4n) is 2.35. The summed E-state index contributed by atoms with van der Waals surface area (Å²) >= 11 is 5.69. The van der Waals surface area contributed by atoms with E-state index in [1.54, 1.807) is 0 Å². The van der Waals surface area contributed by atoms with Crippen LogP contribution in [0, 0.1) is 0 Å². The van der Waals surface area contributed by atoms with E-state index in [0.717, 1.165) is 38.3 Å². The first-order valence-corrected chi connectivity index (χ1v) is 7.20. The minimum atomic E-state index is 0.124. The highest BCUT2D eigenvalue weighted by atomic mass is 35.5. The normalized spacial score (nSPS) is 15.1. The number of fused-ring (bicyclic) bond motifs is 1. The van der Waals surface area contributed by atoms with E-state index in [1.165, 1.54) is 11.1 Å². The van der Waals surface area contributed by atoms with E-state index >= 15 is 0 Å². The van der Waals surface area contributed by atoms with E-state index in [0.29, 0.717) is 5.88 Å². The van der Waals surface area contributed by atoms with Crippen LogP contribution in [0.15, 0.2) is 18.2 Å². The first-order valence-electron chi connectivity index (χ1n) is 6.66. The topological polar surface area (TPSA) is 21.3 Å². The molecular weight excluding hydrogens is 246 g/mol. The van der Waals surface area contributed by atoms with Gasteiger partial charge in [-0.3, -0.25) is 0 Å². The Morgan fingerprint density at radius 1 is 1.39 bits per heavy atom. The van der Waals surface area contributed by atoms with Gasteiger partial charge in [-0.15, -0.1) is 11.6 Å². The largest absolute Gasteiger partial charge is 0.493 e. The molecule has 100 valence electrons. The van der Waals surface area contributed by atoms with Gasteiger partial charge in [0.1, 0.15) is 5.75 Å². The number of rotatable bonds is 5. The van der Waals surface area contributed by atoms with Crippen molar-refractivity contribution in [2.75, 3.05) is 25.6 Å². The first kappa shape index (κ1) is 13.7. The zero-order valence-corrected chi connectivity index (χ0v) is 12.0. The quantitative estimate of drug-likeness (QED) is 0.654. The standard InChI is InChI=1S/C15H22ClNO/c1-15(2,11-17-8-7-16)13-5-6-14-12(10-13)4-3-9-18-14/h5-6,10,17H,3-4,7-9,11H2,1-2H3. The van der Waals surface area contributed by atoms with Crippen LogP contribution in [0.2, 0.25) is 0 Å². The molecule has 2 rings (SSSR count). The summed E-state index contributed by atoms with van der Waals surface area (Å²) in [5, 5.41) is 3.39. The Bertz CT molecular complexity index is 403. The molecule has 1 heterocycles.